The predicted octanol–water partition coefficient (Wildman–Crippen LogP) is 3.15. The van der Waals surface area contributed by atoms with Crippen molar-refractivity contribution in [3.63, 3.8) is 0 Å². The van der Waals surface area contributed by atoms with E-state index in [1.54, 1.807) is 6.07 Å². The van der Waals surface area contributed by atoms with Crippen LogP contribution in [0, 0.1) is 19.7 Å². The summed E-state index contributed by atoms with van der Waals surface area (Å²) >= 11 is 0. The van der Waals surface area contributed by atoms with Gasteiger partial charge in [0, 0.05) is 23.4 Å². The molecule has 0 aliphatic rings. The number of primary amides is 1. The predicted molar refractivity (Wildman–Crippen MR) is 78.2 cm³/mol. The van der Waals surface area contributed by atoms with Crippen molar-refractivity contribution in [3.8, 4) is 0 Å². The van der Waals surface area contributed by atoms with Crippen LogP contribution >= 0.6 is 0 Å². The van der Waals surface area contributed by atoms with Crippen molar-refractivity contribution in [2.24, 2.45) is 5.73 Å². The van der Waals surface area contributed by atoms with Gasteiger partial charge in [0.25, 0.3) is 0 Å². The Balaban J connectivity index is 2.15. The summed E-state index contributed by atoms with van der Waals surface area (Å²) in [5.41, 5.74) is 9.01. The van der Waals surface area contributed by atoms with Crippen LogP contribution in [0.25, 0.3) is 0 Å². The number of carbonyl (C=O) groups excluding carboxylic acids is 1. The molecule has 0 heterocycles. The Labute approximate surface area is 117 Å². The zero-order valence-electron chi connectivity index (χ0n) is 11.5. The molecule has 2 rings (SSSR count). The topological polar surface area (TPSA) is 55.1 Å². The highest BCUT2D eigenvalue weighted by Gasteiger charge is 2.07. The first-order valence-corrected chi connectivity index (χ1v) is 6.36. The van der Waals surface area contributed by atoms with Gasteiger partial charge in [-0.25, -0.2) is 4.39 Å². The van der Waals surface area contributed by atoms with Gasteiger partial charge in [0.1, 0.15) is 5.82 Å². The van der Waals surface area contributed by atoms with Gasteiger partial charge in [0.2, 0.25) is 5.91 Å². The summed E-state index contributed by atoms with van der Waals surface area (Å²) < 4.78 is 13.8. The number of amides is 1. The monoisotopic (exact) mass is 272 g/mol. The molecule has 3 nitrogen and oxygen atoms in total. The lowest BCUT2D eigenvalue weighted by Crippen LogP contribution is -2.12. The molecule has 0 spiro atoms. The molecule has 0 aromatic heterocycles. The fourth-order valence-electron chi connectivity index (χ4n) is 1.96. The van der Waals surface area contributed by atoms with E-state index in [0.717, 1.165) is 16.8 Å². The van der Waals surface area contributed by atoms with E-state index in [1.807, 2.05) is 32.0 Å². The van der Waals surface area contributed by atoms with Crippen molar-refractivity contribution in [3.05, 3.63) is 64.5 Å². The van der Waals surface area contributed by atoms with Crippen LogP contribution in [0.1, 0.15) is 27.0 Å². The summed E-state index contributed by atoms with van der Waals surface area (Å²) in [6.45, 7) is 4.36. The molecule has 0 saturated carbocycles. The summed E-state index contributed by atoms with van der Waals surface area (Å²) in [4.78, 5) is 11.0. The number of halogens is 1. The largest absolute Gasteiger partial charge is 0.381 e. The molecule has 0 aliphatic heterocycles. The van der Waals surface area contributed by atoms with Crippen LogP contribution in [0.5, 0.6) is 0 Å². The van der Waals surface area contributed by atoms with Gasteiger partial charge in [-0.2, -0.15) is 0 Å². The van der Waals surface area contributed by atoms with Gasteiger partial charge in [-0.05, 0) is 43.2 Å². The molecule has 0 aliphatic carbocycles. The molecule has 3 N–H and O–H groups in total. The number of nitrogens with one attached hydrogen (secondary N) is 1. The van der Waals surface area contributed by atoms with Gasteiger partial charge < -0.3 is 11.1 Å². The Morgan fingerprint density at radius 1 is 1.20 bits per heavy atom. The average molecular weight is 272 g/mol. The molecule has 20 heavy (non-hydrogen) atoms. The van der Waals surface area contributed by atoms with Crippen LogP contribution in [0.4, 0.5) is 10.1 Å². The first-order valence-electron chi connectivity index (χ1n) is 6.36. The molecule has 0 fully saturated rings. The standard InChI is InChI=1S/C16H17FN2O/c1-10-3-4-11(2)15(7-10)19-9-13-6-5-12(16(18)20)8-14(13)17/h3-8,19H,9H2,1-2H3,(H2,18,20). The van der Waals surface area contributed by atoms with E-state index < -0.39 is 11.7 Å². The summed E-state index contributed by atoms with van der Waals surface area (Å²) in [7, 11) is 0. The third kappa shape index (κ3) is 3.15. The van der Waals surface area contributed by atoms with E-state index in [9.17, 15) is 9.18 Å². The van der Waals surface area contributed by atoms with Gasteiger partial charge in [-0.1, -0.05) is 18.2 Å². The van der Waals surface area contributed by atoms with E-state index in [4.69, 9.17) is 5.73 Å². The van der Waals surface area contributed by atoms with E-state index in [2.05, 4.69) is 5.32 Å². The first kappa shape index (κ1) is 14.1. The Kier molecular flexibility index (Phi) is 4.03. The van der Waals surface area contributed by atoms with Crippen LogP contribution < -0.4 is 11.1 Å². The van der Waals surface area contributed by atoms with Crippen LogP contribution in [-0.4, -0.2) is 5.91 Å². The normalized spacial score (nSPS) is 10.3. The molecule has 0 atom stereocenters. The minimum absolute atomic E-state index is 0.179. The maximum Gasteiger partial charge on any atom is 0.248 e. The highest BCUT2D eigenvalue weighted by Crippen LogP contribution is 2.18. The fourth-order valence-corrected chi connectivity index (χ4v) is 1.96. The molecule has 2 aromatic carbocycles. The first-order chi connectivity index (χ1) is 9.47. The van der Waals surface area contributed by atoms with Gasteiger partial charge in [-0.3, -0.25) is 4.79 Å². The van der Waals surface area contributed by atoms with E-state index in [1.165, 1.54) is 12.1 Å². The van der Waals surface area contributed by atoms with Crippen LogP contribution in [0.2, 0.25) is 0 Å². The average Bonchev–Trinajstić information content (AvgIpc) is 2.40. The van der Waals surface area contributed by atoms with Gasteiger partial charge >= 0.3 is 0 Å². The van der Waals surface area contributed by atoms with Crippen molar-refractivity contribution >= 4 is 11.6 Å². The van der Waals surface area contributed by atoms with Crippen molar-refractivity contribution in [2.45, 2.75) is 20.4 Å². The molecule has 104 valence electrons. The molecule has 2 aromatic rings. The molecular formula is C16H17FN2O. The summed E-state index contributed by atoms with van der Waals surface area (Å²) in [5.74, 6) is -1.06. The summed E-state index contributed by atoms with van der Waals surface area (Å²) in [5, 5.41) is 3.20. The third-order valence-corrected chi connectivity index (χ3v) is 3.20. The van der Waals surface area contributed by atoms with Gasteiger partial charge in [0.05, 0.1) is 0 Å². The second-order valence-electron chi connectivity index (χ2n) is 4.84. The maximum absolute atomic E-state index is 13.8. The SMILES string of the molecule is Cc1ccc(C)c(NCc2ccc(C(N)=O)cc2F)c1. The van der Waals surface area contributed by atoms with Crippen molar-refractivity contribution < 1.29 is 9.18 Å². The Hall–Kier alpha value is -2.36. The van der Waals surface area contributed by atoms with E-state index >= 15 is 0 Å². The minimum atomic E-state index is -0.627. The smallest absolute Gasteiger partial charge is 0.248 e. The highest BCUT2D eigenvalue weighted by molar-refractivity contribution is 5.92. The molecule has 4 heteroatoms. The highest BCUT2D eigenvalue weighted by atomic mass is 19.1. The van der Waals surface area contributed by atoms with E-state index in [0.29, 0.717) is 12.1 Å². The lowest BCUT2D eigenvalue weighted by atomic mass is 10.1. The summed E-state index contributed by atoms with van der Waals surface area (Å²) in [6, 6.07) is 10.3. The number of anilines is 1. The Morgan fingerprint density at radius 3 is 2.60 bits per heavy atom. The lowest BCUT2D eigenvalue weighted by molar-refractivity contribution is 0.1000. The van der Waals surface area contributed by atoms with Gasteiger partial charge in [0.15, 0.2) is 0 Å². The number of benzene rings is 2. The van der Waals surface area contributed by atoms with E-state index in [-0.39, 0.29) is 5.56 Å². The Bertz CT molecular complexity index is 653. The van der Waals surface area contributed by atoms with Crippen LogP contribution in [0.3, 0.4) is 0 Å². The second-order valence-corrected chi connectivity index (χ2v) is 4.84. The second kappa shape index (κ2) is 5.74. The van der Waals surface area contributed by atoms with Crippen LogP contribution in [0.15, 0.2) is 36.4 Å². The molecule has 0 saturated heterocycles. The van der Waals surface area contributed by atoms with Crippen molar-refractivity contribution in [1.82, 2.24) is 0 Å². The fraction of sp³-hybridized carbons (Fsp3) is 0.188. The molecule has 0 bridgehead atoms. The zero-order valence-corrected chi connectivity index (χ0v) is 11.5. The Morgan fingerprint density at radius 2 is 1.95 bits per heavy atom. The number of hydrogen-bond acceptors (Lipinski definition) is 2. The zero-order chi connectivity index (χ0) is 14.7. The van der Waals surface area contributed by atoms with Crippen molar-refractivity contribution in [2.75, 3.05) is 5.32 Å². The minimum Gasteiger partial charge on any atom is -0.381 e. The molecule has 0 radical (unpaired) electrons. The number of rotatable bonds is 4. The number of hydrogen-bond donors (Lipinski definition) is 2. The number of carbonyl (C=O) groups is 1. The molecule has 0 unspecified atom stereocenters. The molecular weight excluding hydrogens is 255 g/mol. The number of aryl methyl sites for hydroxylation is 2. The summed E-state index contributed by atoms with van der Waals surface area (Å²) in [6.07, 6.45) is 0. The van der Waals surface area contributed by atoms with Gasteiger partial charge in [-0.15, -0.1) is 0 Å². The molecule has 1 amide bonds. The van der Waals surface area contributed by atoms with Crippen molar-refractivity contribution in [1.29, 1.82) is 0 Å². The third-order valence-electron chi connectivity index (χ3n) is 3.20. The maximum atomic E-state index is 13.8. The number of nitrogens with two attached hydrogens (primary N) is 1. The quantitative estimate of drug-likeness (QED) is 0.898. The lowest BCUT2D eigenvalue weighted by Gasteiger charge is -2.11. The van der Waals surface area contributed by atoms with Crippen LogP contribution in [-0.2, 0) is 6.54 Å².